The zero-order valence-electron chi connectivity index (χ0n) is 15.1. The van der Waals surface area contributed by atoms with Crippen molar-refractivity contribution in [1.82, 2.24) is 4.98 Å². The highest BCUT2D eigenvalue weighted by Crippen LogP contribution is 2.21. The number of thiophene rings is 1. The zero-order valence-corrected chi connectivity index (χ0v) is 16.0. The van der Waals surface area contributed by atoms with Crippen molar-refractivity contribution in [2.24, 2.45) is 0 Å². The Labute approximate surface area is 164 Å². The maximum absolute atomic E-state index is 12.6. The van der Waals surface area contributed by atoms with Gasteiger partial charge in [0.25, 0.3) is 0 Å². The van der Waals surface area contributed by atoms with Crippen molar-refractivity contribution >= 4 is 27.3 Å². The number of benzene rings is 2. The summed E-state index contributed by atoms with van der Waals surface area (Å²) in [4.78, 5) is 29.9. The molecule has 0 unspecified atom stereocenters. The van der Waals surface area contributed by atoms with Crippen molar-refractivity contribution in [3.8, 4) is 0 Å². The minimum Gasteiger partial charge on any atom is -0.407 e. The minimum atomic E-state index is -0.366. The van der Waals surface area contributed by atoms with E-state index in [2.05, 4.69) is 4.98 Å². The van der Waals surface area contributed by atoms with Gasteiger partial charge in [-0.05, 0) is 35.1 Å². The predicted octanol–water partition coefficient (Wildman–Crippen LogP) is 3.87. The molecule has 0 fully saturated rings. The van der Waals surface area contributed by atoms with Gasteiger partial charge < -0.3 is 9.52 Å². The van der Waals surface area contributed by atoms with Crippen molar-refractivity contribution in [2.75, 3.05) is 0 Å². The average Bonchev–Trinajstić information content (AvgIpc) is 3.09. The number of fused-ring (bicyclic) bond motifs is 1. The van der Waals surface area contributed by atoms with Crippen LogP contribution in [-0.4, -0.2) is 15.9 Å². The largest absolute Gasteiger partial charge is 0.407 e. The van der Waals surface area contributed by atoms with Gasteiger partial charge in [0.1, 0.15) is 4.83 Å². The van der Waals surface area contributed by atoms with E-state index in [9.17, 15) is 14.7 Å². The summed E-state index contributed by atoms with van der Waals surface area (Å²) < 4.78 is 5.36. The zero-order chi connectivity index (χ0) is 19.7. The Bertz CT molecular complexity index is 1220. The van der Waals surface area contributed by atoms with Crippen molar-refractivity contribution in [1.29, 1.82) is 0 Å². The summed E-state index contributed by atoms with van der Waals surface area (Å²) in [6.45, 7) is 1.76. The number of aliphatic hydroxyl groups is 1. The van der Waals surface area contributed by atoms with Crippen molar-refractivity contribution in [3.05, 3.63) is 98.0 Å². The maximum atomic E-state index is 12.6. The fourth-order valence-electron chi connectivity index (χ4n) is 3.06. The molecular weight excluding hydrogens is 374 g/mol. The van der Waals surface area contributed by atoms with Crippen LogP contribution in [0, 0.1) is 6.92 Å². The quantitative estimate of drug-likeness (QED) is 0.522. The van der Waals surface area contributed by atoms with Gasteiger partial charge in [0.15, 0.2) is 5.78 Å². The molecule has 0 saturated carbocycles. The smallest absolute Gasteiger partial charge is 0.348 e. The molecule has 2 aromatic heterocycles. The molecule has 0 atom stereocenters. The number of aryl methyl sites for hydroxylation is 1. The number of aromatic nitrogens is 1. The van der Waals surface area contributed by atoms with Crippen LogP contribution in [0.1, 0.15) is 38.5 Å². The molecule has 4 aromatic rings. The lowest BCUT2D eigenvalue weighted by Gasteiger charge is -2.05. The van der Waals surface area contributed by atoms with Crippen LogP contribution >= 0.6 is 11.3 Å². The standard InChI is InChI=1S/C22H17NO4S/c1-13-12-28-21-19(13)22(26)27-18(23-21)10-14-5-7-16(8-6-14)20(25)17-4-2-3-15(9-17)11-24/h2-9,12,24H,10-11H2,1H3. The first kappa shape index (κ1) is 18.3. The second kappa shape index (κ2) is 7.50. The van der Waals surface area contributed by atoms with Crippen LogP contribution in [0.2, 0.25) is 0 Å². The molecule has 0 saturated heterocycles. The highest BCUT2D eigenvalue weighted by Gasteiger charge is 2.13. The van der Waals surface area contributed by atoms with Gasteiger partial charge in [-0.25, -0.2) is 9.78 Å². The number of ketones is 1. The highest BCUT2D eigenvalue weighted by atomic mass is 32.1. The molecule has 0 aliphatic heterocycles. The van der Waals surface area contributed by atoms with Crippen molar-refractivity contribution in [2.45, 2.75) is 20.0 Å². The molecule has 4 rings (SSSR count). The molecular formula is C22H17NO4S. The molecule has 1 N–H and O–H groups in total. The molecule has 5 nitrogen and oxygen atoms in total. The Kier molecular flexibility index (Phi) is 4.90. The summed E-state index contributed by atoms with van der Waals surface area (Å²) in [5.74, 6) is 0.246. The molecule has 0 aliphatic rings. The first-order valence-corrected chi connectivity index (χ1v) is 9.64. The number of nitrogens with zero attached hydrogens (tertiary/aromatic N) is 1. The van der Waals surface area contributed by atoms with Crippen molar-refractivity contribution in [3.63, 3.8) is 0 Å². The minimum absolute atomic E-state index is 0.105. The Morgan fingerprint density at radius 1 is 1.11 bits per heavy atom. The van der Waals surface area contributed by atoms with Gasteiger partial charge in [-0.3, -0.25) is 4.79 Å². The van der Waals surface area contributed by atoms with Crippen LogP contribution in [0.3, 0.4) is 0 Å². The molecule has 6 heteroatoms. The van der Waals surface area contributed by atoms with Gasteiger partial charge in [0.05, 0.1) is 12.0 Å². The Hall–Kier alpha value is -3.09. The summed E-state index contributed by atoms with van der Waals surface area (Å²) in [6, 6.07) is 14.1. The fourth-order valence-corrected chi connectivity index (χ4v) is 3.98. The van der Waals surface area contributed by atoms with Gasteiger partial charge in [-0.1, -0.05) is 42.5 Å². The second-order valence-corrected chi connectivity index (χ2v) is 7.41. The van der Waals surface area contributed by atoms with E-state index in [1.165, 1.54) is 11.3 Å². The van der Waals surface area contributed by atoms with Crippen molar-refractivity contribution < 1.29 is 14.3 Å². The van der Waals surface area contributed by atoms with E-state index in [4.69, 9.17) is 4.42 Å². The lowest BCUT2D eigenvalue weighted by atomic mass is 10.00. The number of hydrogen-bond donors (Lipinski definition) is 1. The average molecular weight is 391 g/mol. The van der Waals surface area contributed by atoms with Crippen LogP contribution in [0.15, 0.2) is 63.1 Å². The first-order chi connectivity index (χ1) is 13.5. The van der Waals surface area contributed by atoms with Crippen LogP contribution in [0.4, 0.5) is 0 Å². The number of aliphatic hydroxyl groups excluding tert-OH is 1. The number of carbonyl (C=O) groups is 1. The second-order valence-electron chi connectivity index (χ2n) is 6.56. The van der Waals surface area contributed by atoms with E-state index in [1.54, 1.807) is 36.4 Å². The van der Waals surface area contributed by atoms with Crippen LogP contribution < -0.4 is 5.63 Å². The predicted molar refractivity (Wildman–Crippen MR) is 108 cm³/mol. The summed E-state index contributed by atoms with van der Waals surface area (Å²) in [5.41, 5.74) is 3.19. The van der Waals surface area contributed by atoms with E-state index >= 15 is 0 Å². The van der Waals surface area contributed by atoms with Gasteiger partial charge in [-0.15, -0.1) is 11.3 Å². The van der Waals surface area contributed by atoms with E-state index in [-0.39, 0.29) is 18.0 Å². The molecule has 2 heterocycles. The van der Waals surface area contributed by atoms with E-state index < -0.39 is 0 Å². The van der Waals surface area contributed by atoms with E-state index in [0.29, 0.717) is 39.2 Å². The summed E-state index contributed by atoms with van der Waals surface area (Å²) in [7, 11) is 0. The van der Waals surface area contributed by atoms with E-state index in [0.717, 1.165) is 11.1 Å². The first-order valence-electron chi connectivity index (χ1n) is 8.76. The van der Waals surface area contributed by atoms with Crippen LogP contribution in [-0.2, 0) is 13.0 Å². The van der Waals surface area contributed by atoms with E-state index in [1.807, 2.05) is 24.4 Å². The van der Waals surface area contributed by atoms with Gasteiger partial charge in [-0.2, -0.15) is 0 Å². The van der Waals surface area contributed by atoms with Gasteiger partial charge >= 0.3 is 5.63 Å². The SMILES string of the molecule is Cc1csc2nc(Cc3ccc(C(=O)c4cccc(CO)c4)cc3)oc(=O)c12. The summed E-state index contributed by atoms with van der Waals surface area (Å²) in [5, 5.41) is 11.7. The highest BCUT2D eigenvalue weighted by molar-refractivity contribution is 7.16. The lowest BCUT2D eigenvalue weighted by molar-refractivity contribution is 0.103. The Morgan fingerprint density at radius 3 is 2.64 bits per heavy atom. The molecule has 28 heavy (non-hydrogen) atoms. The number of rotatable bonds is 5. The fraction of sp³-hybridized carbons (Fsp3) is 0.136. The molecule has 0 amide bonds. The summed E-state index contributed by atoms with van der Waals surface area (Å²) >= 11 is 1.43. The Morgan fingerprint density at radius 2 is 1.89 bits per heavy atom. The topological polar surface area (TPSA) is 80.4 Å². The monoisotopic (exact) mass is 391 g/mol. The maximum Gasteiger partial charge on any atom is 0.348 e. The van der Waals surface area contributed by atoms with Crippen LogP contribution in [0.25, 0.3) is 10.2 Å². The third-order valence-corrected chi connectivity index (χ3v) is 5.53. The lowest BCUT2D eigenvalue weighted by Crippen LogP contribution is -2.05. The van der Waals surface area contributed by atoms with Gasteiger partial charge in [0.2, 0.25) is 5.89 Å². The molecule has 0 aliphatic carbocycles. The number of carbonyl (C=O) groups excluding carboxylic acids is 1. The normalized spacial score (nSPS) is 11.1. The molecule has 0 radical (unpaired) electrons. The molecule has 140 valence electrons. The molecule has 0 bridgehead atoms. The van der Waals surface area contributed by atoms with Crippen LogP contribution in [0.5, 0.6) is 0 Å². The Balaban J connectivity index is 1.56. The summed E-state index contributed by atoms with van der Waals surface area (Å²) in [6.07, 6.45) is 0.372. The third kappa shape index (κ3) is 3.52. The number of hydrogen-bond acceptors (Lipinski definition) is 6. The molecule has 0 spiro atoms. The van der Waals surface area contributed by atoms with Gasteiger partial charge in [0, 0.05) is 17.5 Å². The molecule has 2 aromatic carbocycles. The third-order valence-electron chi connectivity index (χ3n) is 4.54.